The lowest BCUT2D eigenvalue weighted by Crippen LogP contribution is -2.36. The lowest BCUT2D eigenvalue weighted by Gasteiger charge is -2.42. The van der Waals surface area contributed by atoms with E-state index in [1.54, 1.807) is 0 Å². The molecule has 0 spiro atoms. The summed E-state index contributed by atoms with van der Waals surface area (Å²) >= 11 is 0. The van der Waals surface area contributed by atoms with Gasteiger partial charge < -0.3 is 9.32 Å². The highest BCUT2D eigenvalue weighted by Crippen LogP contribution is 2.62. The van der Waals surface area contributed by atoms with E-state index in [1.165, 1.54) is 66.6 Å². The van der Waals surface area contributed by atoms with Gasteiger partial charge in [-0.15, -0.1) is 0 Å². The molecule has 0 radical (unpaired) electrons. The van der Waals surface area contributed by atoms with Crippen molar-refractivity contribution in [1.82, 2.24) is 0 Å². The van der Waals surface area contributed by atoms with Gasteiger partial charge in [-0.2, -0.15) is 0 Å². The minimum atomic E-state index is -0.439. The van der Waals surface area contributed by atoms with Crippen molar-refractivity contribution in [3.05, 3.63) is 233 Å². The summed E-state index contributed by atoms with van der Waals surface area (Å²) in [5, 5.41) is 4.85. The fraction of sp³-hybridized carbons (Fsp3) is 0.107. The van der Waals surface area contributed by atoms with Crippen LogP contribution in [0.15, 0.2) is 204 Å². The van der Waals surface area contributed by atoms with E-state index in [4.69, 9.17) is 4.42 Å². The van der Waals surface area contributed by atoms with Gasteiger partial charge in [0.15, 0.2) is 0 Å². The molecule has 0 aliphatic heterocycles. The van der Waals surface area contributed by atoms with Crippen LogP contribution in [0.25, 0.3) is 49.4 Å². The molecule has 8 aromatic carbocycles. The zero-order chi connectivity index (χ0) is 38.6. The first-order valence-corrected chi connectivity index (χ1v) is 20.5. The van der Waals surface area contributed by atoms with E-state index >= 15 is 0 Å². The number of hydrogen-bond donors (Lipinski definition) is 0. The third-order valence-corrected chi connectivity index (χ3v) is 13.6. The van der Waals surface area contributed by atoms with Crippen LogP contribution in [0.1, 0.15) is 53.6 Å². The molecule has 3 aliphatic carbocycles. The SMILES string of the molecule is CC1(C)c2ccccc2-c2ccc(N(C3=CC=C4c5ccc6ccccc6c5C(c5ccccc5)(c5ccccc5)[C@@H]4C3)c3cccc4oc5ccccc5c34)cc21. The first kappa shape index (κ1) is 33.3. The van der Waals surface area contributed by atoms with Crippen LogP contribution in [-0.2, 0) is 10.8 Å². The van der Waals surface area contributed by atoms with Crippen molar-refractivity contribution in [2.45, 2.75) is 31.1 Å². The molecule has 58 heavy (non-hydrogen) atoms. The van der Waals surface area contributed by atoms with E-state index < -0.39 is 5.41 Å². The second-order valence-corrected chi connectivity index (χ2v) is 16.8. The maximum atomic E-state index is 6.56. The van der Waals surface area contributed by atoms with Crippen molar-refractivity contribution < 1.29 is 4.42 Å². The topological polar surface area (TPSA) is 16.4 Å². The number of rotatable bonds is 5. The number of benzene rings is 8. The average molecular weight is 744 g/mol. The van der Waals surface area contributed by atoms with Crippen LogP contribution in [0.5, 0.6) is 0 Å². The Balaban J connectivity index is 1.13. The molecule has 1 atom stereocenters. The van der Waals surface area contributed by atoms with Gasteiger partial charge in [-0.1, -0.05) is 172 Å². The fourth-order valence-electron chi connectivity index (χ4n) is 11.1. The Morgan fingerprint density at radius 3 is 2.00 bits per heavy atom. The number of allylic oxidation sites excluding steroid dienone is 4. The summed E-state index contributed by atoms with van der Waals surface area (Å²) in [4.78, 5) is 2.55. The van der Waals surface area contributed by atoms with E-state index in [2.05, 4.69) is 213 Å². The lowest BCUT2D eigenvalue weighted by atomic mass is 9.62. The van der Waals surface area contributed by atoms with Crippen LogP contribution in [0.3, 0.4) is 0 Å². The van der Waals surface area contributed by atoms with Crippen LogP contribution in [-0.4, -0.2) is 0 Å². The summed E-state index contributed by atoms with van der Waals surface area (Å²) in [5.41, 5.74) is 16.9. The van der Waals surface area contributed by atoms with Gasteiger partial charge in [-0.05, 0) is 104 Å². The van der Waals surface area contributed by atoms with Gasteiger partial charge >= 0.3 is 0 Å². The monoisotopic (exact) mass is 743 g/mol. The molecule has 0 saturated heterocycles. The molecule has 2 nitrogen and oxygen atoms in total. The molecule has 276 valence electrons. The number of furan rings is 1. The number of nitrogens with zero attached hydrogens (tertiary/aromatic N) is 1. The zero-order valence-corrected chi connectivity index (χ0v) is 32.6. The Morgan fingerprint density at radius 1 is 0.534 bits per heavy atom. The third-order valence-electron chi connectivity index (χ3n) is 13.6. The van der Waals surface area contributed by atoms with Gasteiger partial charge in [0.1, 0.15) is 11.2 Å². The van der Waals surface area contributed by atoms with Gasteiger partial charge in [-0.3, -0.25) is 0 Å². The number of anilines is 2. The van der Waals surface area contributed by atoms with E-state index in [0.29, 0.717) is 0 Å². The molecular formula is C56H41NO. The highest BCUT2D eigenvalue weighted by atomic mass is 16.3. The maximum absolute atomic E-state index is 6.56. The van der Waals surface area contributed by atoms with E-state index in [9.17, 15) is 0 Å². The molecule has 0 unspecified atom stereocenters. The maximum Gasteiger partial charge on any atom is 0.137 e. The molecule has 0 saturated carbocycles. The highest BCUT2D eigenvalue weighted by molar-refractivity contribution is 6.13. The Bertz CT molecular complexity index is 3140. The van der Waals surface area contributed by atoms with Crippen LogP contribution >= 0.6 is 0 Å². The molecule has 1 aromatic heterocycles. The molecule has 3 aliphatic rings. The third kappa shape index (κ3) is 4.49. The van der Waals surface area contributed by atoms with Gasteiger partial charge in [0.25, 0.3) is 0 Å². The first-order valence-electron chi connectivity index (χ1n) is 20.5. The molecule has 9 aromatic rings. The van der Waals surface area contributed by atoms with Crippen LogP contribution in [0.4, 0.5) is 11.4 Å². The molecule has 12 rings (SSSR count). The summed E-state index contributed by atoms with van der Waals surface area (Å²) < 4.78 is 6.56. The average Bonchev–Trinajstić information content (AvgIpc) is 3.89. The van der Waals surface area contributed by atoms with Crippen molar-refractivity contribution >= 4 is 49.7 Å². The van der Waals surface area contributed by atoms with Gasteiger partial charge in [0.05, 0.1) is 16.5 Å². The largest absolute Gasteiger partial charge is 0.456 e. The molecule has 0 N–H and O–H groups in total. The minimum absolute atomic E-state index is 0.121. The molecule has 1 heterocycles. The van der Waals surface area contributed by atoms with E-state index in [0.717, 1.165) is 39.7 Å². The Kier molecular flexibility index (Phi) is 7.05. The van der Waals surface area contributed by atoms with Gasteiger partial charge in [-0.25, -0.2) is 0 Å². The Morgan fingerprint density at radius 2 is 1.19 bits per heavy atom. The second-order valence-electron chi connectivity index (χ2n) is 16.8. The molecule has 0 bridgehead atoms. The van der Waals surface area contributed by atoms with Crippen molar-refractivity contribution in [2.24, 2.45) is 5.92 Å². The number of para-hydroxylation sites is 1. The zero-order valence-electron chi connectivity index (χ0n) is 32.6. The summed E-state index contributed by atoms with van der Waals surface area (Å²) in [7, 11) is 0. The summed E-state index contributed by atoms with van der Waals surface area (Å²) in [6.45, 7) is 4.75. The number of fused-ring (bicyclic) bond motifs is 11. The van der Waals surface area contributed by atoms with E-state index in [1.807, 2.05) is 0 Å². The minimum Gasteiger partial charge on any atom is -0.456 e. The molecule has 2 heteroatoms. The van der Waals surface area contributed by atoms with Crippen molar-refractivity contribution in [3.8, 4) is 11.1 Å². The van der Waals surface area contributed by atoms with Crippen molar-refractivity contribution in [3.63, 3.8) is 0 Å². The standard InChI is InChI=1S/C56H41NO/c1-55(2)47-24-13-11-22-42(47)43-32-29-39(34-48(43)55)57(50-25-15-27-52-53(50)46-23-12-14-26-51(46)58-52)40-30-33-44-45-31-28-36-16-9-10-21-41(36)54(45)56(49(44)35-40,37-17-5-3-6-18-37)38-19-7-4-8-20-38/h3-34,49H,35H2,1-2H3/t49-/m1/s1. The van der Waals surface area contributed by atoms with Gasteiger partial charge in [0.2, 0.25) is 0 Å². The fourth-order valence-corrected chi connectivity index (χ4v) is 11.1. The normalized spacial score (nSPS) is 17.0. The Hall–Kier alpha value is -6.90. The number of hydrogen-bond acceptors (Lipinski definition) is 2. The van der Waals surface area contributed by atoms with Crippen molar-refractivity contribution in [1.29, 1.82) is 0 Å². The quantitative estimate of drug-likeness (QED) is 0.175. The molecular weight excluding hydrogens is 703 g/mol. The van der Waals surface area contributed by atoms with Crippen LogP contribution < -0.4 is 4.90 Å². The summed E-state index contributed by atoms with van der Waals surface area (Å²) in [6.07, 6.45) is 5.68. The predicted molar refractivity (Wildman–Crippen MR) is 241 cm³/mol. The second kappa shape index (κ2) is 12.3. The van der Waals surface area contributed by atoms with Crippen LogP contribution in [0.2, 0.25) is 0 Å². The smallest absolute Gasteiger partial charge is 0.137 e. The highest BCUT2D eigenvalue weighted by Gasteiger charge is 2.53. The molecule has 0 fully saturated rings. The van der Waals surface area contributed by atoms with Crippen molar-refractivity contribution in [2.75, 3.05) is 4.90 Å². The van der Waals surface area contributed by atoms with Gasteiger partial charge in [0, 0.05) is 28.1 Å². The molecule has 0 amide bonds. The predicted octanol–water partition coefficient (Wildman–Crippen LogP) is 14.5. The lowest BCUT2D eigenvalue weighted by molar-refractivity contribution is 0.475. The van der Waals surface area contributed by atoms with E-state index in [-0.39, 0.29) is 11.3 Å². The van der Waals surface area contributed by atoms with Crippen LogP contribution in [0, 0.1) is 5.92 Å². The Labute approximate surface area is 339 Å². The summed E-state index contributed by atoms with van der Waals surface area (Å²) in [6, 6.07) is 67.4. The first-order chi connectivity index (χ1) is 28.5. The summed E-state index contributed by atoms with van der Waals surface area (Å²) in [5.74, 6) is 0.121.